The van der Waals surface area contributed by atoms with E-state index < -0.39 is 16.1 Å². The van der Waals surface area contributed by atoms with Gasteiger partial charge in [0.15, 0.2) is 0 Å². The number of carbonyl (C=O) groups is 2. The van der Waals surface area contributed by atoms with Crippen LogP contribution in [0.25, 0.3) is 0 Å². The summed E-state index contributed by atoms with van der Waals surface area (Å²) in [5, 5.41) is 2.91. The Labute approximate surface area is 204 Å². The molecule has 0 bridgehead atoms. The molecule has 0 aromatic heterocycles. The minimum atomic E-state index is -3.49. The van der Waals surface area contributed by atoms with E-state index in [1.807, 2.05) is 51.1 Å². The highest BCUT2D eigenvalue weighted by Crippen LogP contribution is 2.20. The molecule has 0 spiro atoms. The van der Waals surface area contributed by atoms with Gasteiger partial charge in [0.05, 0.1) is 11.9 Å². The normalized spacial score (nSPS) is 12.1. The number of carbonyl (C=O) groups excluding carboxylic acids is 2. The first-order valence-electron chi connectivity index (χ1n) is 11.8. The van der Waals surface area contributed by atoms with Gasteiger partial charge in [0.1, 0.15) is 6.04 Å². The largest absolute Gasteiger partial charge is 0.354 e. The van der Waals surface area contributed by atoms with Crippen LogP contribution < -0.4 is 9.62 Å². The summed E-state index contributed by atoms with van der Waals surface area (Å²) in [7, 11) is -3.49. The lowest BCUT2D eigenvalue weighted by molar-refractivity contribution is -0.141. The molecule has 1 N–H and O–H groups in total. The molecule has 2 aromatic carbocycles. The smallest absolute Gasteiger partial charge is 0.242 e. The molecule has 0 saturated carbocycles. The number of amides is 2. The van der Waals surface area contributed by atoms with Gasteiger partial charge in [0.25, 0.3) is 0 Å². The Morgan fingerprint density at radius 1 is 1.00 bits per heavy atom. The fraction of sp³-hybridized carbons (Fsp3) is 0.462. The van der Waals surface area contributed by atoms with Crippen LogP contribution in [0.15, 0.2) is 54.6 Å². The van der Waals surface area contributed by atoms with Gasteiger partial charge in [-0.1, -0.05) is 56.3 Å². The molecule has 1 unspecified atom stereocenters. The van der Waals surface area contributed by atoms with Gasteiger partial charge in [-0.3, -0.25) is 13.9 Å². The van der Waals surface area contributed by atoms with Crippen LogP contribution in [-0.4, -0.2) is 50.5 Å². The van der Waals surface area contributed by atoms with E-state index in [0.717, 1.165) is 23.8 Å². The molecule has 0 aliphatic rings. The average Bonchev–Trinajstić information content (AvgIpc) is 2.81. The first-order chi connectivity index (χ1) is 16.2. The number of para-hydroxylation sites is 1. The molecule has 2 aromatic rings. The first kappa shape index (κ1) is 27.4. The Hall–Kier alpha value is -2.87. The third-order valence-corrected chi connectivity index (χ3v) is 6.93. The van der Waals surface area contributed by atoms with E-state index >= 15 is 0 Å². The number of nitrogens with zero attached hydrogens (tertiary/aromatic N) is 2. The van der Waals surface area contributed by atoms with Crippen molar-refractivity contribution in [1.82, 2.24) is 10.2 Å². The maximum atomic E-state index is 13.4. The summed E-state index contributed by atoms with van der Waals surface area (Å²) in [5.41, 5.74) is 2.61. The third-order valence-electron chi connectivity index (χ3n) is 5.73. The molecular weight excluding hydrogens is 450 g/mol. The minimum Gasteiger partial charge on any atom is -0.354 e. The van der Waals surface area contributed by atoms with Crippen LogP contribution in [0.2, 0.25) is 0 Å². The van der Waals surface area contributed by atoms with Gasteiger partial charge < -0.3 is 10.2 Å². The van der Waals surface area contributed by atoms with Crippen molar-refractivity contribution in [3.8, 4) is 0 Å². The topological polar surface area (TPSA) is 86.8 Å². The molecule has 0 heterocycles. The fourth-order valence-electron chi connectivity index (χ4n) is 3.85. The molecule has 34 heavy (non-hydrogen) atoms. The van der Waals surface area contributed by atoms with E-state index in [1.54, 1.807) is 29.2 Å². The van der Waals surface area contributed by atoms with Crippen LogP contribution in [-0.2, 0) is 26.2 Å². The van der Waals surface area contributed by atoms with Gasteiger partial charge in [-0.15, -0.1) is 0 Å². The number of anilines is 1. The van der Waals surface area contributed by atoms with Gasteiger partial charge in [-0.05, 0) is 49.4 Å². The zero-order valence-corrected chi connectivity index (χ0v) is 21.5. The monoisotopic (exact) mass is 487 g/mol. The van der Waals surface area contributed by atoms with Crippen molar-refractivity contribution in [2.24, 2.45) is 0 Å². The molecule has 0 radical (unpaired) electrons. The number of sulfonamides is 1. The van der Waals surface area contributed by atoms with Crippen molar-refractivity contribution in [2.45, 2.75) is 59.0 Å². The minimum absolute atomic E-state index is 0.141. The van der Waals surface area contributed by atoms with Gasteiger partial charge in [0.2, 0.25) is 21.8 Å². The number of nitrogens with one attached hydrogen (secondary N) is 1. The zero-order valence-electron chi connectivity index (χ0n) is 20.7. The quantitative estimate of drug-likeness (QED) is 0.465. The second-order valence-electron chi connectivity index (χ2n) is 8.44. The molecule has 0 fully saturated rings. The second kappa shape index (κ2) is 13.1. The van der Waals surface area contributed by atoms with Crippen LogP contribution in [0.5, 0.6) is 0 Å². The number of aryl methyl sites for hydroxylation is 1. The molecule has 2 amide bonds. The maximum absolute atomic E-state index is 13.4. The second-order valence-corrected chi connectivity index (χ2v) is 10.3. The molecule has 0 saturated heterocycles. The van der Waals surface area contributed by atoms with Gasteiger partial charge in [-0.25, -0.2) is 8.42 Å². The Morgan fingerprint density at radius 2 is 1.65 bits per heavy atom. The Morgan fingerprint density at radius 3 is 2.24 bits per heavy atom. The fourth-order valence-corrected chi connectivity index (χ4v) is 4.82. The van der Waals surface area contributed by atoms with Crippen LogP contribution in [0.4, 0.5) is 5.69 Å². The Bertz CT molecular complexity index is 1040. The molecule has 0 aliphatic carbocycles. The van der Waals surface area contributed by atoms with E-state index in [2.05, 4.69) is 5.32 Å². The molecule has 2 rings (SSSR count). The van der Waals surface area contributed by atoms with Crippen molar-refractivity contribution in [3.05, 3.63) is 65.7 Å². The Balaban J connectivity index is 2.19. The van der Waals surface area contributed by atoms with Crippen molar-refractivity contribution >= 4 is 27.5 Å². The van der Waals surface area contributed by atoms with E-state index in [0.29, 0.717) is 31.6 Å². The summed E-state index contributed by atoms with van der Waals surface area (Å²) in [5.74, 6) is -0.323. The lowest BCUT2D eigenvalue weighted by Crippen LogP contribution is -2.49. The molecular formula is C26H37N3O4S. The third kappa shape index (κ3) is 7.87. The summed E-state index contributed by atoms with van der Waals surface area (Å²) >= 11 is 0. The number of hydrogen-bond donors (Lipinski definition) is 1. The van der Waals surface area contributed by atoms with Crippen LogP contribution >= 0.6 is 0 Å². The summed E-state index contributed by atoms with van der Waals surface area (Å²) in [6.45, 7) is 6.94. The first-order valence-corrected chi connectivity index (χ1v) is 13.7. The van der Waals surface area contributed by atoms with Crippen LogP contribution in [0.1, 0.15) is 50.7 Å². The van der Waals surface area contributed by atoms with Gasteiger partial charge in [0, 0.05) is 26.1 Å². The standard InChI is InChI=1S/C26H37N3O4S/c1-5-18-27-26(31)24(6-2)28(20-22-14-11-10-13-21(22)3)25(30)17-12-19-29(34(4,32)33)23-15-8-7-9-16-23/h7-11,13-16,24H,5-6,12,17-20H2,1-4H3,(H,27,31). The zero-order chi connectivity index (χ0) is 25.1. The summed E-state index contributed by atoms with van der Waals surface area (Å²) in [6, 6.07) is 16.1. The predicted molar refractivity (Wildman–Crippen MR) is 137 cm³/mol. The highest BCUT2D eigenvalue weighted by Gasteiger charge is 2.29. The average molecular weight is 488 g/mol. The molecule has 0 aliphatic heterocycles. The van der Waals surface area contributed by atoms with Crippen molar-refractivity contribution < 1.29 is 18.0 Å². The lowest BCUT2D eigenvalue weighted by atomic mass is 10.1. The summed E-state index contributed by atoms with van der Waals surface area (Å²) in [6.07, 6.45) is 2.96. The molecule has 186 valence electrons. The number of hydrogen-bond acceptors (Lipinski definition) is 4. The van der Waals surface area contributed by atoms with E-state index in [4.69, 9.17) is 0 Å². The number of rotatable bonds is 13. The van der Waals surface area contributed by atoms with Crippen LogP contribution in [0.3, 0.4) is 0 Å². The molecule has 7 nitrogen and oxygen atoms in total. The van der Waals surface area contributed by atoms with E-state index in [-0.39, 0.29) is 24.8 Å². The van der Waals surface area contributed by atoms with E-state index in [1.165, 1.54) is 4.31 Å². The highest BCUT2D eigenvalue weighted by molar-refractivity contribution is 7.92. The van der Waals surface area contributed by atoms with Gasteiger partial charge >= 0.3 is 0 Å². The lowest BCUT2D eigenvalue weighted by Gasteiger charge is -2.31. The maximum Gasteiger partial charge on any atom is 0.242 e. The molecule has 1 atom stereocenters. The Kier molecular flexibility index (Phi) is 10.6. The van der Waals surface area contributed by atoms with Gasteiger partial charge in [-0.2, -0.15) is 0 Å². The summed E-state index contributed by atoms with van der Waals surface area (Å²) in [4.78, 5) is 27.9. The summed E-state index contributed by atoms with van der Waals surface area (Å²) < 4.78 is 26.0. The molecule has 8 heteroatoms. The van der Waals surface area contributed by atoms with Crippen molar-refractivity contribution in [1.29, 1.82) is 0 Å². The van der Waals surface area contributed by atoms with E-state index in [9.17, 15) is 18.0 Å². The van der Waals surface area contributed by atoms with Crippen LogP contribution in [0, 0.1) is 6.92 Å². The predicted octanol–water partition coefficient (Wildman–Crippen LogP) is 3.87. The van der Waals surface area contributed by atoms with Crippen molar-refractivity contribution in [3.63, 3.8) is 0 Å². The van der Waals surface area contributed by atoms with Crippen molar-refractivity contribution in [2.75, 3.05) is 23.7 Å². The highest BCUT2D eigenvalue weighted by atomic mass is 32.2. The SMILES string of the molecule is CCCNC(=O)C(CC)N(Cc1ccccc1C)C(=O)CCCN(c1ccccc1)S(C)(=O)=O. The number of benzene rings is 2.